The van der Waals surface area contributed by atoms with Crippen LogP contribution in [0.3, 0.4) is 0 Å². The van der Waals surface area contributed by atoms with Gasteiger partial charge in [0.05, 0.1) is 5.69 Å². The summed E-state index contributed by atoms with van der Waals surface area (Å²) >= 11 is 1.29. The van der Waals surface area contributed by atoms with Crippen LogP contribution < -0.4 is 5.32 Å². The molecule has 0 bridgehead atoms. The fourth-order valence-corrected chi connectivity index (χ4v) is 2.72. The van der Waals surface area contributed by atoms with Gasteiger partial charge < -0.3 is 10.4 Å². The Morgan fingerprint density at radius 3 is 2.58 bits per heavy atom. The smallest absolute Gasteiger partial charge is 0.316 e. The number of aliphatic carboxylic acids is 1. The SMILES string of the molecule is CCC[C@H](Sc1ccccc1NC(=O)CC)C(=O)O. The molecule has 1 amide bonds. The number of benzene rings is 1. The highest BCUT2D eigenvalue weighted by Crippen LogP contribution is 2.32. The third-order valence-corrected chi connectivity index (χ3v) is 3.91. The largest absolute Gasteiger partial charge is 0.480 e. The summed E-state index contributed by atoms with van der Waals surface area (Å²) < 4.78 is 0. The lowest BCUT2D eigenvalue weighted by Crippen LogP contribution is -2.16. The maximum atomic E-state index is 11.4. The normalized spacial score (nSPS) is 11.9. The summed E-state index contributed by atoms with van der Waals surface area (Å²) in [6.45, 7) is 3.74. The van der Waals surface area contributed by atoms with Crippen LogP contribution in [0.4, 0.5) is 5.69 Å². The lowest BCUT2D eigenvalue weighted by Gasteiger charge is -2.14. The zero-order valence-electron chi connectivity index (χ0n) is 11.2. The van der Waals surface area contributed by atoms with Crippen LogP contribution in [-0.2, 0) is 9.59 Å². The summed E-state index contributed by atoms with van der Waals surface area (Å²) in [5, 5.41) is 11.5. The number of thioether (sulfide) groups is 1. The van der Waals surface area contributed by atoms with E-state index >= 15 is 0 Å². The maximum absolute atomic E-state index is 11.4. The summed E-state index contributed by atoms with van der Waals surface area (Å²) in [5.41, 5.74) is 0.682. The van der Waals surface area contributed by atoms with Crippen LogP contribution in [0.1, 0.15) is 33.1 Å². The number of hydrogen-bond acceptors (Lipinski definition) is 3. The van der Waals surface area contributed by atoms with Crippen LogP contribution in [0, 0.1) is 0 Å². The minimum atomic E-state index is -0.816. The monoisotopic (exact) mass is 281 g/mol. The quantitative estimate of drug-likeness (QED) is 0.752. The van der Waals surface area contributed by atoms with E-state index in [4.69, 9.17) is 0 Å². The molecule has 19 heavy (non-hydrogen) atoms. The zero-order chi connectivity index (χ0) is 14.3. The molecule has 1 aromatic rings. The highest BCUT2D eigenvalue weighted by Gasteiger charge is 2.19. The molecule has 0 aliphatic rings. The van der Waals surface area contributed by atoms with E-state index in [0.717, 1.165) is 11.3 Å². The first-order valence-electron chi connectivity index (χ1n) is 6.36. The summed E-state index contributed by atoms with van der Waals surface area (Å²) in [4.78, 5) is 23.4. The summed E-state index contributed by atoms with van der Waals surface area (Å²) in [7, 11) is 0. The number of carboxylic acids is 1. The highest BCUT2D eigenvalue weighted by molar-refractivity contribution is 8.00. The third kappa shape index (κ3) is 4.95. The maximum Gasteiger partial charge on any atom is 0.316 e. The van der Waals surface area contributed by atoms with Gasteiger partial charge in [-0.1, -0.05) is 32.4 Å². The lowest BCUT2D eigenvalue weighted by atomic mass is 10.2. The molecule has 0 aliphatic heterocycles. The molecular formula is C14H19NO3S. The molecule has 5 heteroatoms. The van der Waals surface area contributed by atoms with E-state index in [-0.39, 0.29) is 5.91 Å². The van der Waals surface area contributed by atoms with E-state index in [9.17, 15) is 14.7 Å². The number of hydrogen-bond donors (Lipinski definition) is 2. The van der Waals surface area contributed by atoms with Crippen LogP contribution in [0.5, 0.6) is 0 Å². The third-order valence-electron chi connectivity index (χ3n) is 2.58. The van der Waals surface area contributed by atoms with Gasteiger partial charge in [-0.05, 0) is 18.6 Å². The summed E-state index contributed by atoms with van der Waals surface area (Å²) in [6, 6.07) is 7.29. The van der Waals surface area contributed by atoms with Gasteiger partial charge in [0.1, 0.15) is 5.25 Å². The van der Waals surface area contributed by atoms with Gasteiger partial charge in [0, 0.05) is 11.3 Å². The second kappa shape index (κ2) is 7.84. The van der Waals surface area contributed by atoms with Gasteiger partial charge >= 0.3 is 5.97 Å². The molecule has 0 unspecified atom stereocenters. The van der Waals surface area contributed by atoms with Crippen LogP contribution >= 0.6 is 11.8 Å². The van der Waals surface area contributed by atoms with Gasteiger partial charge in [-0.15, -0.1) is 11.8 Å². The van der Waals surface area contributed by atoms with E-state index in [1.54, 1.807) is 13.0 Å². The first kappa shape index (κ1) is 15.6. The van der Waals surface area contributed by atoms with Crippen molar-refractivity contribution in [3.8, 4) is 0 Å². The van der Waals surface area contributed by atoms with Crippen LogP contribution in [0.2, 0.25) is 0 Å². The van der Waals surface area contributed by atoms with Gasteiger partial charge in [-0.3, -0.25) is 9.59 Å². The molecule has 104 valence electrons. The Balaban J connectivity index is 2.87. The predicted molar refractivity (Wildman–Crippen MR) is 77.6 cm³/mol. The van der Waals surface area contributed by atoms with Gasteiger partial charge in [-0.2, -0.15) is 0 Å². The standard InChI is InChI=1S/C14H19NO3S/c1-3-7-12(14(17)18)19-11-9-6-5-8-10(11)15-13(16)4-2/h5-6,8-9,12H,3-4,7H2,1-2H3,(H,15,16)(H,17,18)/t12-/m0/s1. The molecule has 1 aromatic carbocycles. The van der Waals surface area contributed by atoms with Crippen molar-refractivity contribution < 1.29 is 14.7 Å². The molecule has 0 saturated carbocycles. The van der Waals surface area contributed by atoms with Crippen molar-refractivity contribution in [1.29, 1.82) is 0 Å². The second-order valence-electron chi connectivity index (χ2n) is 4.13. The Labute approximate surface area is 117 Å². The topological polar surface area (TPSA) is 66.4 Å². The minimum absolute atomic E-state index is 0.0737. The molecule has 0 saturated heterocycles. The predicted octanol–water partition coefficient (Wildman–Crippen LogP) is 3.38. The van der Waals surface area contributed by atoms with Crippen molar-refractivity contribution in [2.75, 3.05) is 5.32 Å². The molecule has 4 nitrogen and oxygen atoms in total. The van der Waals surface area contributed by atoms with Crippen molar-refractivity contribution >= 4 is 29.3 Å². The first-order valence-corrected chi connectivity index (χ1v) is 7.24. The molecule has 2 N–H and O–H groups in total. The zero-order valence-corrected chi connectivity index (χ0v) is 12.0. The van der Waals surface area contributed by atoms with Gasteiger partial charge in [0.25, 0.3) is 0 Å². The number of amides is 1. The molecule has 0 aliphatic carbocycles. The van der Waals surface area contributed by atoms with E-state index in [0.29, 0.717) is 18.5 Å². The number of carboxylic acid groups (broad SMARTS) is 1. The Morgan fingerprint density at radius 2 is 2.00 bits per heavy atom. The number of nitrogens with one attached hydrogen (secondary N) is 1. The van der Waals surface area contributed by atoms with Crippen molar-refractivity contribution in [3.05, 3.63) is 24.3 Å². The van der Waals surface area contributed by atoms with Gasteiger partial charge in [0.2, 0.25) is 5.91 Å². The van der Waals surface area contributed by atoms with E-state index < -0.39 is 11.2 Å². The Morgan fingerprint density at radius 1 is 1.32 bits per heavy atom. The highest BCUT2D eigenvalue weighted by atomic mass is 32.2. The second-order valence-corrected chi connectivity index (χ2v) is 5.38. The van der Waals surface area contributed by atoms with Crippen molar-refractivity contribution in [1.82, 2.24) is 0 Å². The molecule has 1 atom stereocenters. The van der Waals surface area contributed by atoms with Crippen molar-refractivity contribution in [3.63, 3.8) is 0 Å². The average Bonchev–Trinajstić information content (AvgIpc) is 2.40. The van der Waals surface area contributed by atoms with E-state index in [2.05, 4.69) is 5.32 Å². The molecule has 0 spiro atoms. The van der Waals surface area contributed by atoms with Crippen LogP contribution in [0.15, 0.2) is 29.2 Å². The first-order chi connectivity index (χ1) is 9.08. The Bertz CT molecular complexity index is 448. The fraction of sp³-hybridized carbons (Fsp3) is 0.429. The van der Waals surface area contributed by atoms with Crippen molar-refractivity contribution in [2.24, 2.45) is 0 Å². The molecular weight excluding hydrogens is 262 g/mol. The summed E-state index contributed by atoms with van der Waals surface area (Å²) in [5.74, 6) is -0.890. The number of carbonyl (C=O) groups is 2. The lowest BCUT2D eigenvalue weighted by molar-refractivity contribution is -0.136. The van der Waals surface area contributed by atoms with Crippen molar-refractivity contribution in [2.45, 2.75) is 43.3 Å². The number of anilines is 1. The van der Waals surface area contributed by atoms with E-state index in [1.165, 1.54) is 11.8 Å². The number of rotatable bonds is 7. The molecule has 1 rings (SSSR count). The average molecular weight is 281 g/mol. The minimum Gasteiger partial charge on any atom is -0.480 e. The fourth-order valence-electron chi connectivity index (χ4n) is 1.56. The molecule has 0 radical (unpaired) electrons. The summed E-state index contributed by atoms with van der Waals surface area (Å²) in [6.07, 6.45) is 1.82. The Kier molecular flexibility index (Phi) is 6.42. The molecule has 0 heterocycles. The van der Waals surface area contributed by atoms with Crippen LogP contribution in [0.25, 0.3) is 0 Å². The number of carbonyl (C=O) groups excluding carboxylic acids is 1. The Hall–Kier alpha value is -1.49. The molecule has 0 aromatic heterocycles. The van der Waals surface area contributed by atoms with Crippen LogP contribution in [-0.4, -0.2) is 22.2 Å². The van der Waals surface area contributed by atoms with Gasteiger partial charge in [-0.25, -0.2) is 0 Å². The van der Waals surface area contributed by atoms with Gasteiger partial charge in [0.15, 0.2) is 0 Å². The molecule has 0 fully saturated rings. The van der Waals surface area contributed by atoms with E-state index in [1.807, 2.05) is 25.1 Å². The number of para-hydroxylation sites is 1.